The zero-order chi connectivity index (χ0) is 15.0. The Morgan fingerprint density at radius 2 is 2.14 bits per heavy atom. The molecule has 0 aliphatic carbocycles. The van der Waals surface area contributed by atoms with Gasteiger partial charge in [0.1, 0.15) is 12.1 Å². The monoisotopic (exact) mass is 314 g/mol. The number of thiazole rings is 1. The van der Waals surface area contributed by atoms with E-state index in [0.29, 0.717) is 6.54 Å². The van der Waals surface area contributed by atoms with E-state index in [2.05, 4.69) is 25.4 Å². The van der Waals surface area contributed by atoms with E-state index < -0.39 is 11.9 Å². The van der Waals surface area contributed by atoms with E-state index in [1.165, 1.54) is 15.9 Å². The number of alkyl halides is 3. The van der Waals surface area contributed by atoms with Crippen LogP contribution in [0.1, 0.15) is 15.6 Å². The van der Waals surface area contributed by atoms with Gasteiger partial charge >= 0.3 is 6.18 Å². The molecule has 3 aromatic rings. The van der Waals surface area contributed by atoms with Crippen LogP contribution in [0.15, 0.2) is 18.6 Å². The van der Waals surface area contributed by atoms with Gasteiger partial charge in [-0.15, -0.1) is 11.3 Å². The molecule has 110 valence electrons. The Hall–Kier alpha value is -2.23. The average Bonchev–Trinajstić information content (AvgIpc) is 3.03. The molecule has 10 heteroatoms. The molecule has 3 aromatic heterocycles. The Morgan fingerprint density at radius 1 is 1.33 bits per heavy atom. The normalized spacial score (nSPS) is 12.0. The summed E-state index contributed by atoms with van der Waals surface area (Å²) < 4.78 is 39.7. The van der Waals surface area contributed by atoms with Gasteiger partial charge in [0.15, 0.2) is 5.69 Å². The van der Waals surface area contributed by atoms with Gasteiger partial charge in [0.25, 0.3) is 5.78 Å². The summed E-state index contributed by atoms with van der Waals surface area (Å²) in [5.74, 6) is 0.0729. The summed E-state index contributed by atoms with van der Waals surface area (Å²) in [6, 6.07) is 0.912. The standard InChI is InChI=1S/C11H9F3N6S/c1-6-15-3-7(21-6)4-16-9-2-8(11(12,13)14)19-10-17-5-18-20(9)10/h2-3,5,16H,4H2,1H3. The van der Waals surface area contributed by atoms with Crippen LogP contribution in [-0.2, 0) is 12.7 Å². The molecule has 0 saturated heterocycles. The Kier molecular flexibility index (Phi) is 3.24. The lowest BCUT2D eigenvalue weighted by Crippen LogP contribution is -2.13. The molecule has 0 spiro atoms. The highest BCUT2D eigenvalue weighted by molar-refractivity contribution is 7.11. The van der Waals surface area contributed by atoms with E-state index in [4.69, 9.17) is 0 Å². The van der Waals surface area contributed by atoms with Gasteiger partial charge in [-0.3, -0.25) is 0 Å². The van der Waals surface area contributed by atoms with Crippen molar-refractivity contribution in [3.05, 3.63) is 34.2 Å². The van der Waals surface area contributed by atoms with Gasteiger partial charge in [-0.2, -0.15) is 27.8 Å². The molecule has 6 nitrogen and oxygen atoms in total. The van der Waals surface area contributed by atoms with Crippen LogP contribution in [0, 0.1) is 6.92 Å². The zero-order valence-corrected chi connectivity index (χ0v) is 11.5. The molecule has 0 aliphatic heterocycles. The van der Waals surface area contributed by atoms with Gasteiger partial charge < -0.3 is 5.32 Å². The Bertz CT molecular complexity index is 778. The number of hydrogen-bond acceptors (Lipinski definition) is 6. The third-order valence-corrected chi connectivity index (χ3v) is 3.57. The summed E-state index contributed by atoms with van der Waals surface area (Å²) in [5.41, 5.74) is -1.01. The highest BCUT2D eigenvalue weighted by Crippen LogP contribution is 2.29. The lowest BCUT2D eigenvalue weighted by Gasteiger charge is -2.10. The van der Waals surface area contributed by atoms with Gasteiger partial charge in [-0.05, 0) is 6.92 Å². The van der Waals surface area contributed by atoms with Crippen molar-refractivity contribution < 1.29 is 13.2 Å². The van der Waals surface area contributed by atoms with Crippen molar-refractivity contribution in [3.63, 3.8) is 0 Å². The van der Waals surface area contributed by atoms with Crippen molar-refractivity contribution in [1.29, 1.82) is 0 Å². The smallest absolute Gasteiger partial charge is 0.365 e. The van der Waals surface area contributed by atoms with Crippen molar-refractivity contribution in [1.82, 2.24) is 24.6 Å². The number of fused-ring (bicyclic) bond motifs is 1. The first kappa shape index (κ1) is 13.7. The molecular weight excluding hydrogens is 305 g/mol. The first-order valence-corrected chi connectivity index (χ1v) is 6.68. The Balaban J connectivity index is 1.94. The molecule has 0 radical (unpaired) electrons. The fourth-order valence-electron chi connectivity index (χ4n) is 1.75. The van der Waals surface area contributed by atoms with Crippen molar-refractivity contribution >= 4 is 22.9 Å². The summed E-state index contributed by atoms with van der Waals surface area (Å²) in [7, 11) is 0. The topological polar surface area (TPSA) is 68.0 Å². The number of anilines is 1. The Labute approximate surface area is 120 Å². The molecule has 0 amide bonds. The molecule has 0 aliphatic rings. The molecular formula is C11H9F3N6S. The van der Waals surface area contributed by atoms with Gasteiger partial charge in [0.05, 0.1) is 11.6 Å². The minimum atomic E-state index is -4.54. The number of aryl methyl sites for hydroxylation is 1. The molecule has 0 fully saturated rings. The summed E-state index contributed by atoms with van der Waals surface area (Å²) in [4.78, 5) is 12.1. The zero-order valence-electron chi connectivity index (χ0n) is 10.7. The fourth-order valence-corrected chi connectivity index (χ4v) is 2.48. The van der Waals surface area contributed by atoms with Crippen LogP contribution in [-0.4, -0.2) is 24.6 Å². The van der Waals surface area contributed by atoms with Gasteiger partial charge in [0.2, 0.25) is 0 Å². The average molecular weight is 314 g/mol. The van der Waals surface area contributed by atoms with Gasteiger partial charge in [0, 0.05) is 17.1 Å². The van der Waals surface area contributed by atoms with Crippen LogP contribution < -0.4 is 5.32 Å². The largest absolute Gasteiger partial charge is 0.433 e. The van der Waals surface area contributed by atoms with E-state index in [0.717, 1.165) is 22.3 Å². The van der Waals surface area contributed by atoms with Crippen LogP contribution in [0.5, 0.6) is 0 Å². The second kappa shape index (κ2) is 4.95. The number of nitrogens with zero attached hydrogens (tertiary/aromatic N) is 5. The van der Waals surface area contributed by atoms with Crippen LogP contribution in [0.2, 0.25) is 0 Å². The summed E-state index contributed by atoms with van der Waals surface area (Å²) >= 11 is 1.47. The minimum absolute atomic E-state index is 0.104. The number of nitrogens with one attached hydrogen (secondary N) is 1. The lowest BCUT2D eigenvalue weighted by molar-refractivity contribution is -0.141. The quantitative estimate of drug-likeness (QED) is 0.804. The maximum absolute atomic E-state index is 12.8. The fraction of sp³-hybridized carbons (Fsp3) is 0.273. The molecule has 0 bridgehead atoms. The first-order chi connectivity index (χ1) is 9.93. The molecule has 21 heavy (non-hydrogen) atoms. The molecule has 0 atom stereocenters. The van der Waals surface area contributed by atoms with Crippen LogP contribution in [0.3, 0.4) is 0 Å². The molecule has 0 unspecified atom stereocenters. The predicted octanol–water partition coefficient (Wildman–Crippen LogP) is 2.52. The van der Waals surface area contributed by atoms with E-state index in [1.807, 2.05) is 6.92 Å². The lowest BCUT2D eigenvalue weighted by atomic mass is 10.3. The van der Waals surface area contributed by atoms with Crippen molar-refractivity contribution in [2.45, 2.75) is 19.6 Å². The van der Waals surface area contributed by atoms with Crippen molar-refractivity contribution in [3.8, 4) is 0 Å². The summed E-state index contributed by atoms with van der Waals surface area (Å²) in [6.45, 7) is 2.21. The van der Waals surface area contributed by atoms with Gasteiger partial charge in [-0.25, -0.2) is 9.97 Å². The predicted molar refractivity (Wildman–Crippen MR) is 70.0 cm³/mol. The van der Waals surface area contributed by atoms with Gasteiger partial charge in [-0.1, -0.05) is 0 Å². The number of hydrogen-bond donors (Lipinski definition) is 1. The molecule has 3 heterocycles. The number of halogens is 3. The van der Waals surface area contributed by atoms with Crippen LogP contribution in [0.25, 0.3) is 5.78 Å². The third-order valence-electron chi connectivity index (χ3n) is 2.66. The first-order valence-electron chi connectivity index (χ1n) is 5.86. The highest BCUT2D eigenvalue weighted by Gasteiger charge is 2.34. The van der Waals surface area contributed by atoms with Crippen LogP contribution in [0.4, 0.5) is 19.0 Å². The number of rotatable bonds is 3. The second-order valence-electron chi connectivity index (χ2n) is 4.20. The third kappa shape index (κ3) is 2.79. The summed E-state index contributed by atoms with van der Waals surface area (Å²) in [5, 5.41) is 7.66. The maximum atomic E-state index is 12.8. The second-order valence-corrected chi connectivity index (χ2v) is 5.51. The summed E-state index contributed by atoms with van der Waals surface area (Å²) in [6.07, 6.45) is -1.70. The minimum Gasteiger partial charge on any atom is -0.365 e. The highest BCUT2D eigenvalue weighted by atomic mass is 32.1. The molecule has 1 N–H and O–H groups in total. The maximum Gasteiger partial charge on any atom is 0.433 e. The van der Waals surface area contributed by atoms with Crippen molar-refractivity contribution in [2.24, 2.45) is 0 Å². The molecule has 0 saturated carbocycles. The molecule has 0 aromatic carbocycles. The van der Waals surface area contributed by atoms with E-state index >= 15 is 0 Å². The van der Waals surface area contributed by atoms with Crippen LogP contribution >= 0.6 is 11.3 Å². The van der Waals surface area contributed by atoms with E-state index in [-0.39, 0.29) is 11.6 Å². The Morgan fingerprint density at radius 3 is 2.81 bits per heavy atom. The SMILES string of the molecule is Cc1ncc(CNc2cc(C(F)(F)F)nc3ncnn23)s1. The van der Waals surface area contributed by atoms with Crippen molar-refractivity contribution in [2.75, 3.05) is 5.32 Å². The van der Waals surface area contributed by atoms with E-state index in [9.17, 15) is 13.2 Å². The molecule has 3 rings (SSSR count). The number of aromatic nitrogens is 5. The van der Waals surface area contributed by atoms with E-state index in [1.54, 1.807) is 6.20 Å².